The summed E-state index contributed by atoms with van der Waals surface area (Å²) >= 11 is 0. The van der Waals surface area contributed by atoms with Crippen molar-refractivity contribution in [2.45, 2.75) is 98.3 Å². The van der Waals surface area contributed by atoms with Crippen LogP contribution >= 0.6 is 0 Å². The number of esters is 1. The predicted molar refractivity (Wildman–Crippen MR) is 91.4 cm³/mol. The van der Waals surface area contributed by atoms with Crippen LogP contribution < -0.4 is 0 Å². The van der Waals surface area contributed by atoms with Gasteiger partial charge in [0.15, 0.2) is 0 Å². The molecule has 0 fully saturated rings. The van der Waals surface area contributed by atoms with Crippen LogP contribution in [0.2, 0.25) is 0 Å². The number of rotatable bonds is 14. The van der Waals surface area contributed by atoms with Crippen molar-refractivity contribution in [3.8, 4) is 0 Å². The van der Waals surface area contributed by atoms with Gasteiger partial charge in [0, 0.05) is 0 Å². The summed E-state index contributed by atoms with van der Waals surface area (Å²) in [6.45, 7) is 9.31. The molecule has 2 nitrogen and oxygen atoms in total. The van der Waals surface area contributed by atoms with Crippen molar-refractivity contribution in [3.05, 3.63) is 0 Å². The standard InChI is InChI=1S/C19H38O2/c1-5-8-10-11-12-13-14-17(4)16-21-19(20)18(7-3)15-9-6-2/h17-18H,5-16H2,1-4H3. The minimum atomic E-state index is 0.0285. The third-order valence-corrected chi connectivity index (χ3v) is 4.29. The van der Waals surface area contributed by atoms with Crippen LogP contribution in [0.1, 0.15) is 98.3 Å². The number of hydrogen-bond donors (Lipinski definition) is 0. The maximum Gasteiger partial charge on any atom is 0.308 e. The van der Waals surface area contributed by atoms with Gasteiger partial charge >= 0.3 is 5.97 Å². The highest BCUT2D eigenvalue weighted by Crippen LogP contribution is 2.16. The Balaban J connectivity index is 3.65. The van der Waals surface area contributed by atoms with Crippen molar-refractivity contribution in [1.29, 1.82) is 0 Å². The summed E-state index contributed by atoms with van der Waals surface area (Å²) in [6, 6.07) is 0. The fraction of sp³-hybridized carbons (Fsp3) is 0.947. The molecule has 0 aromatic carbocycles. The summed E-state index contributed by atoms with van der Waals surface area (Å²) < 4.78 is 5.51. The topological polar surface area (TPSA) is 26.3 Å². The molecule has 0 aliphatic rings. The molecule has 0 aliphatic heterocycles. The largest absolute Gasteiger partial charge is 0.465 e. The Kier molecular flexibility index (Phi) is 14.0. The Hall–Kier alpha value is -0.530. The van der Waals surface area contributed by atoms with E-state index in [-0.39, 0.29) is 11.9 Å². The molecule has 2 heteroatoms. The number of carbonyl (C=O) groups excluding carboxylic acids is 1. The number of unbranched alkanes of at least 4 members (excludes halogenated alkanes) is 6. The summed E-state index contributed by atoms with van der Waals surface area (Å²) in [7, 11) is 0. The summed E-state index contributed by atoms with van der Waals surface area (Å²) in [5.74, 6) is 0.649. The van der Waals surface area contributed by atoms with Crippen LogP contribution in [0.4, 0.5) is 0 Å². The molecule has 0 aromatic heterocycles. The predicted octanol–water partition coefficient (Wildman–Crippen LogP) is 6.13. The fourth-order valence-corrected chi connectivity index (χ4v) is 2.64. The first-order valence-electron chi connectivity index (χ1n) is 9.32. The highest BCUT2D eigenvalue weighted by molar-refractivity contribution is 5.72. The van der Waals surface area contributed by atoms with Crippen molar-refractivity contribution in [3.63, 3.8) is 0 Å². The zero-order valence-electron chi connectivity index (χ0n) is 15.0. The zero-order chi connectivity index (χ0) is 15.9. The van der Waals surface area contributed by atoms with Crippen molar-refractivity contribution >= 4 is 5.97 Å². The molecule has 2 atom stereocenters. The van der Waals surface area contributed by atoms with E-state index in [1.165, 1.54) is 44.9 Å². The van der Waals surface area contributed by atoms with Gasteiger partial charge in [0.25, 0.3) is 0 Å². The summed E-state index contributed by atoms with van der Waals surface area (Å²) in [5.41, 5.74) is 0. The van der Waals surface area contributed by atoms with Gasteiger partial charge in [0.2, 0.25) is 0 Å². The SMILES string of the molecule is CCCCCCCCC(C)COC(=O)C(CC)CCCC. The van der Waals surface area contributed by atoms with Crippen LogP contribution in [0.25, 0.3) is 0 Å². The van der Waals surface area contributed by atoms with E-state index in [9.17, 15) is 4.79 Å². The van der Waals surface area contributed by atoms with Gasteiger partial charge < -0.3 is 4.74 Å². The van der Waals surface area contributed by atoms with Gasteiger partial charge in [0.05, 0.1) is 12.5 Å². The molecule has 0 saturated heterocycles. The molecular weight excluding hydrogens is 260 g/mol. The second kappa shape index (κ2) is 14.4. The molecule has 0 aliphatic carbocycles. The van der Waals surface area contributed by atoms with Crippen LogP contribution in [0.15, 0.2) is 0 Å². The van der Waals surface area contributed by atoms with Crippen LogP contribution in [-0.4, -0.2) is 12.6 Å². The first kappa shape index (κ1) is 20.5. The van der Waals surface area contributed by atoms with Crippen LogP contribution in [0.5, 0.6) is 0 Å². The van der Waals surface area contributed by atoms with E-state index < -0.39 is 0 Å². The first-order chi connectivity index (χ1) is 10.2. The molecule has 21 heavy (non-hydrogen) atoms. The molecule has 0 spiro atoms. The lowest BCUT2D eigenvalue weighted by molar-refractivity contribution is -0.150. The third-order valence-electron chi connectivity index (χ3n) is 4.29. The lowest BCUT2D eigenvalue weighted by Crippen LogP contribution is -2.20. The van der Waals surface area contributed by atoms with E-state index in [1.807, 2.05) is 0 Å². The Morgan fingerprint density at radius 2 is 1.48 bits per heavy atom. The molecule has 0 saturated carbocycles. The Morgan fingerprint density at radius 1 is 0.857 bits per heavy atom. The molecule has 0 radical (unpaired) electrons. The highest BCUT2D eigenvalue weighted by Gasteiger charge is 2.18. The lowest BCUT2D eigenvalue weighted by atomic mass is 9.99. The quantitative estimate of drug-likeness (QED) is 0.285. The minimum Gasteiger partial charge on any atom is -0.465 e. The van der Waals surface area contributed by atoms with Gasteiger partial charge in [0.1, 0.15) is 0 Å². The normalized spacial score (nSPS) is 13.9. The first-order valence-corrected chi connectivity index (χ1v) is 9.32. The van der Waals surface area contributed by atoms with Crippen LogP contribution in [-0.2, 0) is 9.53 Å². The summed E-state index contributed by atoms with van der Waals surface area (Å²) in [4.78, 5) is 12.0. The van der Waals surface area contributed by atoms with Gasteiger partial charge in [-0.2, -0.15) is 0 Å². The van der Waals surface area contributed by atoms with E-state index in [0.29, 0.717) is 12.5 Å². The molecule has 0 heterocycles. The Morgan fingerprint density at radius 3 is 2.10 bits per heavy atom. The average molecular weight is 299 g/mol. The smallest absolute Gasteiger partial charge is 0.308 e. The van der Waals surface area contributed by atoms with E-state index in [0.717, 1.165) is 25.7 Å². The molecule has 0 aromatic rings. The van der Waals surface area contributed by atoms with Gasteiger partial charge in [-0.3, -0.25) is 4.79 Å². The van der Waals surface area contributed by atoms with Crippen molar-refractivity contribution in [1.82, 2.24) is 0 Å². The van der Waals surface area contributed by atoms with Crippen molar-refractivity contribution in [2.75, 3.05) is 6.61 Å². The van der Waals surface area contributed by atoms with Crippen LogP contribution in [0, 0.1) is 11.8 Å². The van der Waals surface area contributed by atoms with Crippen molar-refractivity contribution < 1.29 is 9.53 Å². The maximum atomic E-state index is 12.0. The van der Waals surface area contributed by atoms with Gasteiger partial charge in [-0.25, -0.2) is 0 Å². The molecule has 0 rings (SSSR count). The lowest BCUT2D eigenvalue weighted by Gasteiger charge is -2.16. The summed E-state index contributed by atoms with van der Waals surface area (Å²) in [5, 5.41) is 0. The van der Waals surface area contributed by atoms with Gasteiger partial charge in [-0.05, 0) is 25.2 Å². The van der Waals surface area contributed by atoms with E-state index in [4.69, 9.17) is 4.74 Å². The minimum absolute atomic E-state index is 0.0285. The second-order valence-electron chi connectivity index (χ2n) is 6.54. The Bertz CT molecular complexity index is 238. The zero-order valence-corrected chi connectivity index (χ0v) is 15.0. The molecular formula is C19H38O2. The van der Waals surface area contributed by atoms with E-state index >= 15 is 0 Å². The third kappa shape index (κ3) is 11.8. The number of carbonyl (C=O) groups is 1. The Labute approximate surface area is 133 Å². The van der Waals surface area contributed by atoms with Gasteiger partial charge in [-0.15, -0.1) is 0 Å². The number of hydrogen-bond acceptors (Lipinski definition) is 2. The molecule has 0 amide bonds. The maximum absolute atomic E-state index is 12.0. The molecule has 0 N–H and O–H groups in total. The van der Waals surface area contributed by atoms with E-state index in [2.05, 4.69) is 27.7 Å². The molecule has 2 unspecified atom stereocenters. The van der Waals surface area contributed by atoms with Crippen LogP contribution in [0.3, 0.4) is 0 Å². The second-order valence-corrected chi connectivity index (χ2v) is 6.54. The monoisotopic (exact) mass is 298 g/mol. The number of ether oxygens (including phenoxy) is 1. The van der Waals surface area contributed by atoms with Crippen molar-refractivity contribution in [2.24, 2.45) is 11.8 Å². The summed E-state index contributed by atoms with van der Waals surface area (Å²) in [6.07, 6.45) is 13.4. The highest BCUT2D eigenvalue weighted by atomic mass is 16.5. The fourth-order valence-electron chi connectivity index (χ4n) is 2.64. The van der Waals surface area contributed by atoms with E-state index in [1.54, 1.807) is 0 Å². The van der Waals surface area contributed by atoms with Gasteiger partial charge in [-0.1, -0.05) is 79.1 Å². The average Bonchev–Trinajstić information content (AvgIpc) is 2.49. The molecule has 126 valence electrons. The molecule has 0 bridgehead atoms.